The first-order valence-electron chi connectivity index (χ1n) is 8.08. The first-order valence-corrected chi connectivity index (χ1v) is 8.08. The molecule has 0 bridgehead atoms. The van der Waals surface area contributed by atoms with Gasteiger partial charge in [-0.05, 0) is 30.5 Å². The Labute approximate surface area is 161 Å². The van der Waals surface area contributed by atoms with E-state index in [9.17, 15) is 0 Å². The van der Waals surface area contributed by atoms with Crippen molar-refractivity contribution in [1.82, 2.24) is 10.6 Å². The molecule has 1 aliphatic rings. The summed E-state index contributed by atoms with van der Waals surface area (Å²) >= 11 is 0. The summed E-state index contributed by atoms with van der Waals surface area (Å²) in [5, 5.41) is 6.61. The smallest absolute Gasteiger partial charge is 0.191 e. The molecule has 1 aromatic rings. The summed E-state index contributed by atoms with van der Waals surface area (Å²) in [5.74, 6) is 1.63. The third-order valence-electron chi connectivity index (χ3n) is 3.66. The number of halogens is 1. The van der Waals surface area contributed by atoms with E-state index in [0.717, 1.165) is 43.3 Å². The summed E-state index contributed by atoms with van der Waals surface area (Å²) in [6.07, 6.45) is 2.56. The van der Waals surface area contributed by atoms with Gasteiger partial charge in [0.2, 0.25) is 0 Å². The Bertz CT molecular complexity index is 494. The minimum absolute atomic E-state index is 0. The van der Waals surface area contributed by atoms with Crippen molar-refractivity contribution in [3.8, 4) is 5.75 Å². The normalized spacial score (nSPS) is 17.2. The highest BCUT2D eigenvalue weighted by Gasteiger charge is 2.15. The van der Waals surface area contributed by atoms with Crippen molar-refractivity contribution in [2.45, 2.75) is 25.5 Å². The van der Waals surface area contributed by atoms with Gasteiger partial charge < -0.3 is 24.8 Å². The van der Waals surface area contributed by atoms with Crippen LogP contribution in [0.5, 0.6) is 5.75 Å². The van der Waals surface area contributed by atoms with Crippen LogP contribution in [0.4, 0.5) is 0 Å². The molecular formula is C17H28IN3O3. The second-order valence-corrected chi connectivity index (χ2v) is 5.43. The third kappa shape index (κ3) is 7.67. The average molecular weight is 449 g/mol. The zero-order valence-electron chi connectivity index (χ0n) is 14.4. The van der Waals surface area contributed by atoms with E-state index in [1.165, 1.54) is 0 Å². The van der Waals surface area contributed by atoms with Crippen molar-refractivity contribution in [2.24, 2.45) is 4.99 Å². The highest BCUT2D eigenvalue weighted by molar-refractivity contribution is 14.0. The van der Waals surface area contributed by atoms with Crippen molar-refractivity contribution < 1.29 is 14.2 Å². The van der Waals surface area contributed by atoms with E-state index in [-0.39, 0.29) is 24.0 Å². The fourth-order valence-electron chi connectivity index (χ4n) is 2.41. The number of rotatable bonds is 8. The van der Waals surface area contributed by atoms with Crippen LogP contribution in [0.3, 0.4) is 0 Å². The van der Waals surface area contributed by atoms with E-state index in [4.69, 9.17) is 14.2 Å². The van der Waals surface area contributed by atoms with Gasteiger partial charge in [-0.15, -0.1) is 24.0 Å². The molecule has 7 heteroatoms. The van der Waals surface area contributed by atoms with Gasteiger partial charge in [0, 0.05) is 33.9 Å². The molecule has 1 heterocycles. The van der Waals surface area contributed by atoms with Crippen molar-refractivity contribution in [3.05, 3.63) is 29.8 Å². The van der Waals surface area contributed by atoms with E-state index < -0.39 is 0 Å². The monoisotopic (exact) mass is 449 g/mol. The van der Waals surface area contributed by atoms with Crippen LogP contribution < -0.4 is 15.4 Å². The molecule has 136 valence electrons. The molecule has 6 nitrogen and oxygen atoms in total. The van der Waals surface area contributed by atoms with Gasteiger partial charge in [-0.3, -0.25) is 4.99 Å². The Morgan fingerprint density at radius 3 is 2.92 bits per heavy atom. The average Bonchev–Trinajstić information content (AvgIpc) is 3.09. The van der Waals surface area contributed by atoms with Gasteiger partial charge in [0.25, 0.3) is 0 Å². The lowest BCUT2D eigenvalue weighted by Gasteiger charge is -2.15. The molecule has 1 unspecified atom stereocenters. The molecule has 1 atom stereocenters. The van der Waals surface area contributed by atoms with E-state index in [2.05, 4.69) is 21.7 Å². The van der Waals surface area contributed by atoms with Crippen LogP contribution in [-0.2, 0) is 16.0 Å². The molecule has 2 N–H and O–H groups in total. The van der Waals surface area contributed by atoms with Crippen LogP contribution in [-0.4, -0.2) is 52.6 Å². The number of nitrogens with one attached hydrogen (secondary N) is 2. The number of ether oxygens (including phenoxy) is 3. The van der Waals surface area contributed by atoms with Crippen molar-refractivity contribution >= 4 is 29.9 Å². The lowest BCUT2D eigenvalue weighted by molar-refractivity contribution is 0.114. The molecule has 24 heavy (non-hydrogen) atoms. The summed E-state index contributed by atoms with van der Waals surface area (Å²) in [7, 11) is 3.44. The second-order valence-electron chi connectivity index (χ2n) is 5.43. The van der Waals surface area contributed by atoms with Gasteiger partial charge in [-0.2, -0.15) is 0 Å². The Morgan fingerprint density at radius 2 is 2.21 bits per heavy atom. The highest BCUT2D eigenvalue weighted by Crippen LogP contribution is 2.13. The Balaban J connectivity index is 0.00000288. The van der Waals surface area contributed by atoms with E-state index >= 15 is 0 Å². The Morgan fingerprint density at radius 1 is 1.33 bits per heavy atom. The number of hydrogen-bond donors (Lipinski definition) is 2. The SMILES string of the molecule is CN=C(NCc1cccc(OCCOC)c1)NCC1CCCO1.I. The maximum absolute atomic E-state index is 5.62. The molecule has 0 spiro atoms. The van der Waals surface area contributed by atoms with Gasteiger partial charge >= 0.3 is 0 Å². The van der Waals surface area contributed by atoms with Crippen LogP contribution in [0.25, 0.3) is 0 Å². The number of methoxy groups -OCH3 is 1. The minimum Gasteiger partial charge on any atom is -0.491 e. The third-order valence-corrected chi connectivity index (χ3v) is 3.66. The molecule has 0 aromatic heterocycles. The fraction of sp³-hybridized carbons (Fsp3) is 0.588. The molecule has 1 aromatic carbocycles. The summed E-state index contributed by atoms with van der Waals surface area (Å²) in [5.41, 5.74) is 1.14. The maximum atomic E-state index is 5.62. The first kappa shape index (κ1) is 21.0. The van der Waals surface area contributed by atoms with Gasteiger partial charge in [0.15, 0.2) is 5.96 Å². The number of hydrogen-bond acceptors (Lipinski definition) is 4. The summed E-state index contributed by atoms with van der Waals surface area (Å²) in [6, 6.07) is 8.02. The summed E-state index contributed by atoms with van der Waals surface area (Å²) in [6.45, 7) is 3.49. The van der Waals surface area contributed by atoms with Crippen molar-refractivity contribution in [2.75, 3.05) is 40.5 Å². The second kappa shape index (κ2) is 12.3. The predicted octanol–water partition coefficient (Wildman–Crippen LogP) is 2.17. The highest BCUT2D eigenvalue weighted by atomic mass is 127. The lowest BCUT2D eigenvalue weighted by atomic mass is 10.2. The first-order chi connectivity index (χ1) is 11.3. The van der Waals surface area contributed by atoms with Crippen molar-refractivity contribution in [3.63, 3.8) is 0 Å². The molecule has 0 amide bonds. The standard InChI is InChI=1S/C17H27N3O3.HI/c1-18-17(20-13-16-7-4-8-22-16)19-12-14-5-3-6-15(11-14)23-10-9-21-2;/h3,5-6,11,16H,4,7-10,12-13H2,1-2H3,(H2,18,19,20);1H. The summed E-state index contributed by atoms with van der Waals surface area (Å²) in [4.78, 5) is 4.24. The van der Waals surface area contributed by atoms with Gasteiger partial charge in [0.05, 0.1) is 12.7 Å². The largest absolute Gasteiger partial charge is 0.491 e. The number of benzene rings is 1. The molecule has 1 fully saturated rings. The quantitative estimate of drug-likeness (QED) is 0.276. The van der Waals surface area contributed by atoms with Crippen LogP contribution in [0.1, 0.15) is 18.4 Å². The molecule has 0 saturated carbocycles. The van der Waals surface area contributed by atoms with Crippen molar-refractivity contribution in [1.29, 1.82) is 0 Å². The van der Waals surface area contributed by atoms with Gasteiger partial charge in [0.1, 0.15) is 12.4 Å². The van der Waals surface area contributed by atoms with E-state index in [0.29, 0.717) is 25.9 Å². The Hall–Kier alpha value is -1.06. The predicted molar refractivity (Wildman–Crippen MR) is 106 cm³/mol. The van der Waals surface area contributed by atoms with Crippen LogP contribution >= 0.6 is 24.0 Å². The van der Waals surface area contributed by atoms with Gasteiger partial charge in [-0.1, -0.05) is 12.1 Å². The zero-order valence-corrected chi connectivity index (χ0v) is 16.7. The summed E-state index contributed by atoms with van der Waals surface area (Å²) < 4.78 is 16.2. The maximum Gasteiger partial charge on any atom is 0.191 e. The number of guanidine groups is 1. The molecule has 0 radical (unpaired) electrons. The van der Waals surface area contributed by atoms with E-state index in [1.807, 2.05) is 18.2 Å². The Kier molecular flexibility index (Phi) is 10.8. The zero-order chi connectivity index (χ0) is 16.3. The number of nitrogens with zero attached hydrogens (tertiary/aromatic N) is 1. The molecule has 0 aliphatic carbocycles. The molecular weight excluding hydrogens is 421 g/mol. The molecule has 2 rings (SSSR count). The topological polar surface area (TPSA) is 64.1 Å². The molecule has 1 aliphatic heterocycles. The van der Waals surface area contributed by atoms with Crippen LogP contribution in [0, 0.1) is 0 Å². The fourth-order valence-corrected chi connectivity index (χ4v) is 2.41. The molecule has 1 saturated heterocycles. The van der Waals surface area contributed by atoms with E-state index in [1.54, 1.807) is 14.2 Å². The van der Waals surface area contributed by atoms with Crippen LogP contribution in [0.15, 0.2) is 29.3 Å². The minimum atomic E-state index is 0. The number of aliphatic imine (C=N–C) groups is 1. The van der Waals surface area contributed by atoms with Crippen LogP contribution in [0.2, 0.25) is 0 Å². The van der Waals surface area contributed by atoms with Gasteiger partial charge in [-0.25, -0.2) is 0 Å². The lowest BCUT2D eigenvalue weighted by Crippen LogP contribution is -2.40.